The maximum atomic E-state index is 5.32. The molecule has 0 aliphatic rings. The van der Waals surface area contributed by atoms with Crippen molar-refractivity contribution in [1.29, 1.82) is 0 Å². The minimum atomic E-state index is 1.06. The molecule has 0 bridgehead atoms. The molecular weight excluding hydrogens is 338 g/mol. The Morgan fingerprint density at radius 3 is 2.00 bits per heavy atom. The number of nitrogens with zero attached hydrogens (tertiary/aromatic N) is 1. The summed E-state index contributed by atoms with van der Waals surface area (Å²) in [7, 11) is 0. The van der Waals surface area contributed by atoms with Gasteiger partial charge in [0.25, 0.3) is 0 Å². The highest BCUT2D eigenvalue weighted by Crippen LogP contribution is 2.31. The quantitative estimate of drug-likeness (QED) is 0.332. The predicted molar refractivity (Wildman–Crippen MR) is 122 cm³/mol. The van der Waals surface area contributed by atoms with Crippen molar-refractivity contribution in [2.75, 3.05) is 4.90 Å². The first-order valence-corrected chi connectivity index (χ1v) is 9.57. The third-order valence-electron chi connectivity index (χ3n) is 4.72. The molecule has 3 aromatic carbocycles. The number of aryl methyl sites for hydroxylation is 1. The van der Waals surface area contributed by atoms with Gasteiger partial charge in [-0.1, -0.05) is 73.5 Å². The summed E-state index contributed by atoms with van der Waals surface area (Å²) < 4.78 is 0. The van der Waals surface area contributed by atoms with Gasteiger partial charge in [0.05, 0.1) is 0 Å². The van der Waals surface area contributed by atoms with Crippen LogP contribution in [-0.4, -0.2) is 0 Å². The number of benzene rings is 3. The van der Waals surface area contributed by atoms with Gasteiger partial charge < -0.3 is 4.90 Å². The second-order valence-corrected chi connectivity index (χ2v) is 6.60. The molecule has 0 spiro atoms. The lowest BCUT2D eigenvalue weighted by Crippen LogP contribution is -2.14. The molecule has 1 heteroatoms. The number of rotatable bonds is 6. The van der Waals surface area contributed by atoms with Gasteiger partial charge in [0.15, 0.2) is 0 Å². The van der Waals surface area contributed by atoms with E-state index in [1.807, 2.05) is 18.2 Å². The van der Waals surface area contributed by atoms with E-state index in [0.29, 0.717) is 0 Å². The third kappa shape index (κ3) is 4.61. The summed E-state index contributed by atoms with van der Waals surface area (Å²) in [6.45, 7) is 4.27. The molecule has 0 amide bonds. The summed E-state index contributed by atoms with van der Waals surface area (Å²) in [5.41, 5.74) is 7.13. The minimum absolute atomic E-state index is 1.06. The molecule has 3 rings (SSSR count). The molecule has 0 aromatic heterocycles. The van der Waals surface area contributed by atoms with Gasteiger partial charge in [-0.25, -0.2) is 0 Å². The molecule has 0 fully saturated rings. The topological polar surface area (TPSA) is 3.24 Å². The zero-order valence-electron chi connectivity index (χ0n) is 16.5. The summed E-state index contributed by atoms with van der Waals surface area (Å²) in [6, 6.07) is 27.8. The van der Waals surface area contributed by atoms with Crippen molar-refractivity contribution in [3.63, 3.8) is 0 Å². The fraction of sp³-hybridized carbons (Fsp3) is 0.111. The van der Waals surface area contributed by atoms with Crippen LogP contribution in [-0.2, 0) is 6.42 Å². The van der Waals surface area contributed by atoms with Gasteiger partial charge in [-0.15, -0.1) is 6.42 Å². The molecule has 0 N–H and O–H groups in total. The number of hydrogen-bond donors (Lipinski definition) is 0. The van der Waals surface area contributed by atoms with Crippen LogP contribution in [0.3, 0.4) is 0 Å². The highest BCUT2D eigenvalue weighted by atomic mass is 15.1. The van der Waals surface area contributed by atoms with Gasteiger partial charge in [-0.05, 0) is 66.5 Å². The van der Waals surface area contributed by atoms with Gasteiger partial charge in [-0.2, -0.15) is 0 Å². The summed E-state index contributed by atoms with van der Waals surface area (Å²) in [5.74, 6) is 2.53. The van der Waals surface area contributed by atoms with Crippen molar-refractivity contribution in [1.82, 2.24) is 0 Å². The van der Waals surface area contributed by atoms with Crippen LogP contribution >= 0.6 is 0 Å². The third-order valence-corrected chi connectivity index (χ3v) is 4.72. The highest BCUT2D eigenvalue weighted by Gasteiger charge is 2.11. The molecule has 138 valence electrons. The smallest absolute Gasteiger partial charge is 0.0458 e. The maximum absolute atomic E-state index is 5.32. The van der Waals surface area contributed by atoms with Crippen molar-refractivity contribution >= 4 is 11.4 Å². The predicted octanol–water partition coefficient (Wildman–Crippen LogP) is 7.15. The largest absolute Gasteiger partial charge is 0.315 e. The van der Waals surface area contributed by atoms with Gasteiger partial charge in [0, 0.05) is 17.1 Å². The van der Waals surface area contributed by atoms with Crippen LogP contribution in [0.2, 0.25) is 0 Å². The molecule has 0 saturated heterocycles. The standard InChI is InChI=1S/C27H25N/c1-4-6-8-11-22(3)28(26-12-9-7-10-13-26)27-20-18-25(19-21-27)24-16-14-23(5-2)15-17-24/h1,6-21H,5H2,2-3H3/b8-6-,22-11+. The van der Waals surface area contributed by atoms with Crippen molar-refractivity contribution < 1.29 is 0 Å². The van der Waals surface area contributed by atoms with E-state index in [1.165, 1.54) is 16.7 Å². The molecule has 0 unspecified atom stereocenters. The van der Waals surface area contributed by atoms with Crippen molar-refractivity contribution in [3.8, 4) is 23.5 Å². The van der Waals surface area contributed by atoms with E-state index < -0.39 is 0 Å². The Morgan fingerprint density at radius 2 is 1.43 bits per heavy atom. The lowest BCUT2D eigenvalue weighted by molar-refractivity contribution is 1.14. The molecule has 0 aliphatic carbocycles. The summed E-state index contributed by atoms with van der Waals surface area (Å²) in [5, 5.41) is 0. The van der Waals surface area contributed by atoms with E-state index in [4.69, 9.17) is 6.42 Å². The van der Waals surface area contributed by atoms with Crippen molar-refractivity contribution in [2.24, 2.45) is 0 Å². The molecule has 0 radical (unpaired) electrons. The Balaban J connectivity index is 1.95. The second-order valence-electron chi connectivity index (χ2n) is 6.60. The second kappa shape index (κ2) is 9.44. The van der Waals surface area contributed by atoms with Crippen LogP contribution in [0.1, 0.15) is 19.4 Å². The average molecular weight is 364 g/mol. The average Bonchev–Trinajstić information content (AvgIpc) is 2.75. The molecule has 3 aromatic rings. The summed E-state index contributed by atoms with van der Waals surface area (Å²) in [6.07, 6.45) is 12.0. The molecular formula is C27H25N. The van der Waals surface area contributed by atoms with Crippen LogP contribution in [0, 0.1) is 12.3 Å². The van der Waals surface area contributed by atoms with Crippen LogP contribution in [0.4, 0.5) is 11.4 Å². The van der Waals surface area contributed by atoms with E-state index in [-0.39, 0.29) is 0 Å². The highest BCUT2D eigenvalue weighted by molar-refractivity contribution is 5.72. The van der Waals surface area contributed by atoms with Crippen molar-refractivity contribution in [3.05, 3.63) is 108 Å². The summed E-state index contributed by atoms with van der Waals surface area (Å²) in [4.78, 5) is 2.23. The van der Waals surface area contributed by atoms with Gasteiger partial charge in [0.2, 0.25) is 0 Å². The lowest BCUT2D eigenvalue weighted by atomic mass is 10.0. The Morgan fingerprint density at radius 1 is 0.857 bits per heavy atom. The number of anilines is 2. The minimum Gasteiger partial charge on any atom is -0.315 e. The first kappa shape index (κ1) is 19.3. The van der Waals surface area contributed by atoms with Crippen LogP contribution in [0.25, 0.3) is 11.1 Å². The normalized spacial score (nSPS) is 11.4. The molecule has 0 heterocycles. The molecule has 28 heavy (non-hydrogen) atoms. The zero-order valence-corrected chi connectivity index (χ0v) is 16.5. The Kier molecular flexibility index (Phi) is 6.50. The van der Waals surface area contributed by atoms with E-state index in [9.17, 15) is 0 Å². The fourth-order valence-electron chi connectivity index (χ4n) is 3.19. The van der Waals surface area contributed by atoms with Crippen LogP contribution in [0.15, 0.2) is 103 Å². The maximum Gasteiger partial charge on any atom is 0.0458 e. The number of terminal acetylenes is 1. The Labute approximate surface area is 168 Å². The Hall–Kier alpha value is -3.50. The van der Waals surface area contributed by atoms with E-state index in [1.54, 1.807) is 6.08 Å². The number of allylic oxidation sites excluding steroid dienone is 4. The van der Waals surface area contributed by atoms with Crippen LogP contribution in [0.5, 0.6) is 0 Å². The fourth-order valence-corrected chi connectivity index (χ4v) is 3.19. The zero-order chi connectivity index (χ0) is 19.8. The molecule has 1 nitrogen and oxygen atoms in total. The van der Waals surface area contributed by atoms with E-state index in [2.05, 4.69) is 97.5 Å². The number of hydrogen-bond acceptors (Lipinski definition) is 1. The number of para-hydroxylation sites is 1. The Bertz CT molecular complexity index is 985. The van der Waals surface area contributed by atoms with E-state index in [0.717, 1.165) is 23.5 Å². The van der Waals surface area contributed by atoms with Gasteiger partial charge >= 0.3 is 0 Å². The monoisotopic (exact) mass is 363 g/mol. The lowest BCUT2D eigenvalue weighted by Gasteiger charge is -2.26. The first-order valence-electron chi connectivity index (χ1n) is 9.57. The molecule has 0 aliphatic heterocycles. The summed E-state index contributed by atoms with van der Waals surface area (Å²) >= 11 is 0. The SMILES string of the molecule is C#C/C=C\C=C(/C)N(c1ccccc1)c1ccc(-c2ccc(CC)cc2)cc1. The van der Waals surface area contributed by atoms with Crippen molar-refractivity contribution in [2.45, 2.75) is 20.3 Å². The van der Waals surface area contributed by atoms with E-state index >= 15 is 0 Å². The van der Waals surface area contributed by atoms with Gasteiger partial charge in [-0.3, -0.25) is 0 Å². The molecule has 0 atom stereocenters. The van der Waals surface area contributed by atoms with Crippen LogP contribution < -0.4 is 4.90 Å². The first-order chi connectivity index (χ1) is 13.7. The van der Waals surface area contributed by atoms with Gasteiger partial charge in [0.1, 0.15) is 0 Å². The molecule has 0 saturated carbocycles.